The minimum atomic E-state index is -0.170. The van der Waals surface area contributed by atoms with Gasteiger partial charge in [0.25, 0.3) is 0 Å². The summed E-state index contributed by atoms with van der Waals surface area (Å²) >= 11 is 6.24. The van der Waals surface area contributed by atoms with Gasteiger partial charge in [-0.1, -0.05) is 11.6 Å². The summed E-state index contributed by atoms with van der Waals surface area (Å²) in [5.74, 6) is 1.25. The fraction of sp³-hybridized carbons (Fsp3) is 0.565. The lowest BCUT2D eigenvalue weighted by atomic mass is 9.88. The molecule has 1 saturated heterocycles. The van der Waals surface area contributed by atoms with Gasteiger partial charge in [0.05, 0.1) is 31.1 Å². The van der Waals surface area contributed by atoms with Crippen molar-refractivity contribution in [2.45, 2.75) is 57.8 Å². The molecule has 0 bridgehead atoms. The smallest absolute Gasteiger partial charge is 0.237 e. The first-order valence-electron chi connectivity index (χ1n) is 11.1. The Morgan fingerprint density at radius 3 is 2.48 bits per heavy atom. The monoisotopic (exact) mass is 446 g/mol. The Bertz CT molecular complexity index is 848. The van der Waals surface area contributed by atoms with E-state index in [1.807, 2.05) is 12.1 Å². The van der Waals surface area contributed by atoms with Crippen molar-refractivity contribution in [2.75, 3.05) is 29.9 Å². The second kappa shape index (κ2) is 10.0. The number of nitrogens with one attached hydrogen (secondary N) is 1. The van der Waals surface area contributed by atoms with E-state index in [4.69, 9.17) is 21.1 Å². The first-order chi connectivity index (χ1) is 15.0. The van der Waals surface area contributed by atoms with Crippen molar-refractivity contribution >= 4 is 28.9 Å². The van der Waals surface area contributed by atoms with Crippen LogP contribution in [0, 0.1) is 5.92 Å². The van der Waals surface area contributed by atoms with Crippen LogP contribution in [-0.4, -0.2) is 53.1 Å². The van der Waals surface area contributed by atoms with Gasteiger partial charge in [-0.05, 0) is 69.7 Å². The molecule has 1 saturated carbocycles. The Kier molecular flexibility index (Phi) is 7.15. The van der Waals surface area contributed by atoms with Gasteiger partial charge in [0.1, 0.15) is 5.02 Å². The average Bonchev–Trinajstić information content (AvgIpc) is 2.75. The van der Waals surface area contributed by atoms with Crippen molar-refractivity contribution in [3.8, 4) is 5.88 Å². The number of rotatable bonds is 6. The van der Waals surface area contributed by atoms with Gasteiger partial charge in [-0.3, -0.25) is 0 Å². The topological polar surface area (TPSA) is 79.7 Å². The highest BCUT2D eigenvalue weighted by Gasteiger charge is 2.23. The zero-order valence-corrected chi connectivity index (χ0v) is 18.9. The number of nitrogens with zero attached hydrogens (tertiary/aromatic N) is 3. The van der Waals surface area contributed by atoms with E-state index in [0.29, 0.717) is 29.4 Å². The van der Waals surface area contributed by atoms with Crippen molar-refractivity contribution < 1.29 is 14.6 Å². The molecule has 0 unspecified atom stereocenters. The van der Waals surface area contributed by atoms with Gasteiger partial charge >= 0.3 is 0 Å². The van der Waals surface area contributed by atoms with E-state index in [2.05, 4.69) is 46.2 Å². The summed E-state index contributed by atoms with van der Waals surface area (Å²) in [4.78, 5) is 11.1. The van der Waals surface area contributed by atoms with Crippen molar-refractivity contribution in [1.82, 2.24) is 9.97 Å². The van der Waals surface area contributed by atoms with Crippen LogP contribution in [0.3, 0.4) is 0 Å². The molecule has 8 heteroatoms. The molecular weight excluding hydrogens is 416 g/mol. The second-order valence-electron chi connectivity index (χ2n) is 8.67. The maximum absolute atomic E-state index is 9.65. The number of aliphatic hydroxyl groups excluding tert-OH is 1. The summed E-state index contributed by atoms with van der Waals surface area (Å²) in [5.41, 5.74) is 2.07. The van der Waals surface area contributed by atoms with Crippen LogP contribution in [0.1, 0.15) is 39.5 Å². The minimum Gasteiger partial charge on any atom is -0.476 e. The summed E-state index contributed by atoms with van der Waals surface area (Å²) < 4.78 is 11.7. The highest BCUT2D eigenvalue weighted by molar-refractivity contribution is 6.31. The Balaban J connectivity index is 1.36. The van der Waals surface area contributed by atoms with Crippen LogP contribution >= 0.6 is 11.6 Å². The number of aliphatic hydroxyl groups is 1. The third-order valence-corrected chi connectivity index (χ3v) is 6.15. The van der Waals surface area contributed by atoms with Gasteiger partial charge in [0.15, 0.2) is 0 Å². The van der Waals surface area contributed by atoms with Crippen LogP contribution in [0.15, 0.2) is 30.5 Å². The molecule has 2 fully saturated rings. The summed E-state index contributed by atoms with van der Waals surface area (Å²) in [6.45, 7) is 6.53. The molecule has 168 valence electrons. The van der Waals surface area contributed by atoms with E-state index < -0.39 is 0 Å². The number of morpholine rings is 1. The molecule has 2 heterocycles. The van der Waals surface area contributed by atoms with E-state index in [0.717, 1.165) is 44.5 Å². The third-order valence-electron chi connectivity index (χ3n) is 5.89. The molecule has 1 aromatic heterocycles. The molecular formula is C23H31ClN4O3. The fourth-order valence-corrected chi connectivity index (χ4v) is 4.44. The predicted octanol–water partition coefficient (Wildman–Crippen LogP) is 4.42. The van der Waals surface area contributed by atoms with Gasteiger partial charge in [0, 0.05) is 24.5 Å². The molecule has 31 heavy (non-hydrogen) atoms. The first kappa shape index (κ1) is 22.1. The number of benzene rings is 1. The standard InChI is InChI=1S/C23H31ClN4O3/c1-15-12-28(13-16(2)31-15)19-7-5-18(6-8-19)26-23-25-11-21(24)22(27-23)30-14-17-3-9-20(29)10-4-17/h5-8,11,15-17,20,29H,3-4,9-10,12-14H2,1-2H3,(H,25,26,27)/t15-,16+,17?,20?. The summed E-state index contributed by atoms with van der Waals surface area (Å²) in [5, 5.41) is 13.3. The minimum absolute atomic E-state index is 0.170. The molecule has 2 aromatic rings. The van der Waals surface area contributed by atoms with Gasteiger partial charge in [-0.15, -0.1) is 0 Å². The predicted molar refractivity (Wildman–Crippen MR) is 122 cm³/mol. The molecule has 0 spiro atoms. The van der Waals surface area contributed by atoms with Crippen LogP contribution in [0.2, 0.25) is 5.02 Å². The molecule has 1 aliphatic heterocycles. The average molecular weight is 447 g/mol. The quantitative estimate of drug-likeness (QED) is 0.679. The fourth-order valence-electron chi connectivity index (χ4n) is 4.29. The molecule has 0 amide bonds. The number of aromatic nitrogens is 2. The van der Waals surface area contributed by atoms with Gasteiger partial charge in [0.2, 0.25) is 11.8 Å². The zero-order chi connectivity index (χ0) is 21.8. The molecule has 0 radical (unpaired) electrons. The van der Waals surface area contributed by atoms with Crippen LogP contribution in [0.4, 0.5) is 17.3 Å². The van der Waals surface area contributed by atoms with E-state index >= 15 is 0 Å². The van der Waals surface area contributed by atoms with Gasteiger partial charge in [-0.2, -0.15) is 4.98 Å². The lowest BCUT2D eigenvalue weighted by Gasteiger charge is -2.36. The number of halogens is 1. The van der Waals surface area contributed by atoms with Gasteiger partial charge < -0.3 is 24.8 Å². The zero-order valence-electron chi connectivity index (χ0n) is 18.1. The Morgan fingerprint density at radius 1 is 1.13 bits per heavy atom. The summed E-state index contributed by atoms with van der Waals surface area (Å²) in [6.07, 6.45) is 5.41. The van der Waals surface area contributed by atoms with Crippen molar-refractivity contribution in [3.63, 3.8) is 0 Å². The molecule has 2 aliphatic rings. The molecule has 2 N–H and O–H groups in total. The Hall–Kier alpha value is -2.09. The van der Waals surface area contributed by atoms with Crippen molar-refractivity contribution in [1.29, 1.82) is 0 Å². The number of hydrogen-bond acceptors (Lipinski definition) is 7. The number of hydrogen-bond donors (Lipinski definition) is 2. The highest BCUT2D eigenvalue weighted by atomic mass is 35.5. The normalized spacial score (nSPS) is 26.5. The molecule has 2 atom stereocenters. The van der Waals surface area contributed by atoms with Crippen LogP contribution in [0.5, 0.6) is 5.88 Å². The maximum atomic E-state index is 9.65. The highest BCUT2D eigenvalue weighted by Crippen LogP contribution is 2.28. The number of ether oxygens (including phenoxy) is 2. The lowest BCUT2D eigenvalue weighted by molar-refractivity contribution is -0.00521. The Morgan fingerprint density at radius 2 is 1.81 bits per heavy atom. The second-order valence-corrected chi connectivity index (χ2v) is 9.07. The molecule has 4 rings (SSSR count). The maximum Gasteiger partial charge on any atom is 0.237 e. The molecule has 1 aliphatic carbocycles. The third kappa shape index (κ3) is 5.99. The largest absolute Gasteiger partial charge is 0.476 e. The number of anilines is 3. The van der Waals surface area contributed by atoms with Crippen molar-refractivity contribution in [3.05, 3.63) is 35.5 Å². The van der Waals surface area contributed by atoms with Crippen LogP contribution < -0.4 is 15.0 Å². The van der Waals surface area contributed by atoms with Crippen molar-refractivity contribution in [2.24, 2.45) is 5.92 Å². The summed E-state index contributed by atoms with van der Waals surface area (Å²) in [6, 6.07) is 8.23. The molecule has 7 nitrogen and oxygen atoms in total. The lowest BCUT2D eigenvalue weighted by Crippen LogP contribution is -2.45. The van der Waals surface area contributed by atoms with E-state index in [1.165, 1.54) is 5.69 Å². The Labute approximate surface area is 188 Å². The molecule has 1 aromatic carbocycles. The van der Waals surface area contributed by atoms with E-state index in [1.54, 1.807) is 6.20 Å². The first-order valence-corrected chi connectivity index (χ1v) is 11.4. The van der Waals surface area contributed by atoms with Gasteiger partial charge in [-0.25, -0.2) is 4.98 Å². The van der Waals surface area contributed by atoms with Crippen LogP contribution in [-0.2, 0) is 4.74 Å². The SMILES string of the molecule is C[C@@H]1CN(c2ccc(Nc3ncc(Cl)c(OCC4CCC(O)CC4)n3)cc2)C[C@H](C)O1. The summed E-state index contributed by atoms with van der Waals surface area (Å²) in [7, 11) is 0. The van der Waals surface area contributed by atoms with E-state index in [-0.39, 0.29) is 18.3 Å². The van der Waals surface area contributed by atoms with E-state index in [9.17, 15) is 5.11 Å². The van der Waals surface area contributed by atoms with Crippen LogP contribution in [0.25, 0.3) is 0 Å².